The Bertz CT molecular complexity index is 436. The first-order valence-corrected chi connectivity index (χ1v) is 5.81. The van der Waals surface area contributed by atoms with Gasteiger partial charge in [0.1, 0.15) is 0 Å². The maximum Gasteiger partial charge on any atom is 0.0580 e. The second-order valence-electron chi connectivity index (χ2n) is 4.94. The number of hydrogen-bond donors (Lipinski definition) is 1. The van der Waals surface area contributed by atoms with Gasteiger partial charge in [-0.1, -0.05) is 12.1 Å². The van der Waals surface area contributed by atoms with Crippen molar-refractivity contribution in [1.29, 1.82) is 0 Å². The van der Waals surface area contributed by atoms with Crippen molar-refractivity contribution in [2.75, 3.05) is 12.4 Å². The summed E-state index contributed by atoms with van der Waals surface area (Å²) < 4.78 is 0. The predicted octanol–water partition coefficient (Wildman–Crippen LogP) is 3.17. The minimum Gasteiger partial charge on any atom is -0.439 e. The molecule has 0 aromatic heterocycles. The van der Waals surface area contributed by atoms with E-state index in [0.29, 0.717) is 0 Å². The fraction of sp³-hybridized carbons (Fsp3) is 0.500. The van der Waals surface area contributed by atoms with Crippen molar-refractivity contribution in [3.8, 4) is 0 Å². The molecule has 0 saturated carbocycles. The van der Waals surface area contributed by atoms with Gasteiger partial charge in [0.2, 0.25) is 0 Å². The molecular formula is C14H19N2Re-. The summed E-state index contributed by atoms with van der Waals surface area (Å²) in [6.07, 6.45) is 2.12. The molecule has 0 fully saturated rings. The van der Waals surface area contributed by atoms with Gasteiger partial charge in [0.05, 0.1) is 5.54 Å². The summed E-state index contributed by atoms with van der Waals surface area (Å²) in [4.78, 5) is 4.77. The molecule has 1 aromatic carbocycles. The van der Waals surface area contributed by atoms with Crippen molar-refractivity contribution in [2.45, 2.75) is 39.2 Å². The summed E-state index contributed by atoms with van der Waals surface area (Å²) in [6.45, 7) is 6.44. The summed E-state index contributed by atoms with van der Waals surface area (Å²) in [6, 6.07) is 7.62. The number of aryl methyl sites for hydroxylation is 1. The number of rotatable bonds is 1. The van der Waals surface area contributed by atoms with Crippen LogP contribution in [-0.2, 0) is 32.4 Å². The van der Waals surface area contributed by atoms with Gasteiger partial charge in [-0.15, -0.1) is 17.2 Å². The fourth-order valence-corrected chi connectivity index (χ4v) is 2.36. The number of benzene rings is 1. The number of aliphatic imine (C=N–C) groups is 1. The molecular weight excluding hydrogens is 382 g/mol. The maximum atomic E-state index is 4.77. The Morgan fingerprint density at radius 2 is 2.06 bits per heavy atom. The van der Waals surface area contributed by atoms with Crippen molar-refractivity contribution in [1.82, 2.24) is 0 Å². The molecule has 1 aromatic rings. The van der Waals surface area contributed by atoms with Gasteiger partial charge < -0.3 is 5.32 Å². The molecule has 1 N–H and O–H groups in total. The van der Waals surface area contributed by atoms with Gasteiger partial charge in [0.25, 0.3) is 0 Å². The van der Waals surface area contributed by atoms with Crippen LogP contribution in [0.3, 0.4) is 0 Å². The Morgan fingerprint density at radius 3 is 2.71 bits per heavy atom. The third-order valence-corrected chi connectivity index (χ3v) is 3.15. The molecule has 93 valence electrons. The summed E-state index contributed by atoms with van der Waals surface area (Å²) in [5, 5.41) is 3.17. The van der Waals surface area contributed by atoms with Crippen LogP contribution in [0.1, 0.15) is 38.3 Å². The van der Waals surface area contributed by atoms with E-state index in [2.05, 4.69) is 38.2 Å². The van der Waals surface area contributed by atoms with Crippen LogP contribution < -0.4 is 5.32 Å². The number of hydrogen-bond acceptors (Lipinski definition) is 2. The third kappa shape index (κ3) is 2.97. The molecule has 1 aliphatic heterocycles. The quantitative estimate of drug-likeness (QED) is 0.719. The average molecular weight is 402 g/mol. The molecule has 0 amide bonds. The van der Waals surface area contributed by atoms with E-state index in [4.69, 9.17) is 4.99 Å². The van der Waals surface area contributed by atoms with Crippen LogP contribution in [0.15, 0.2) is 17.1 Å². The molecule has 2 nitrogen and oxygen atoms in total. The minimum atomic E-state index is -0.137. The number of nitrogens with zero attached hydrogens (tertiary/aromatic N) is 1. The van der Waals surface area contributed by atoms with Crippen molar-refractivity contribution in [3.63, 3.8) is 0 Å². The van der Waals surface area contributed by atoms with E-state index < -0.39 is 0 Å². The third-order valence-electron chi connectivity index (χ3n) is 3.15. The van der Waals surface area contributed by atoms with Crippen LogP contribution in [0, 0.1) is 6.07 Å². The van der Waals surface area contributed by atoms with E-state index in [-0.39, 0.29) is 26.0 Å². The number of nitrogens with one attached hydrogen (secondary N) is 1. The summed E-state index contributed by atoms with van der Waals surface area (Å²) in [7, 11) is 1.94. The maximum absolute atomic E-state index is 4.77. The van der Waals surface area contributed by atoms with Crippen molar-refractivity contribution >= 4 is 11.4 Å². The van der Waals surface area contributed by atoms with E-state index in [1.807, 2.05) is 13.1 Å². The van der Waals surface area contributed by atoms with Gasteiger partial charge in [0.15, 0.2) is 0 Å². The first-order valence-electron chi connectivity index (χ1n) is 5.81. The zero-order valence-electron chi connectivity index (χ0n) is 10.9. The van der Waals surface area contributed by atoms with Crippen molar-refractivity contribution < 1.29 is 20.4 Å². The standard InChI is InChI=1S/C14H19N2.Re/c1-10-5-6-11-9-12(15-4)7-8-13(11)14(2,3)16-10;/h7,9,15H,5-6H2,1-4H3;/q-1;. The van der Waals surface area contributed by atoms with Gasteiger partial charge in [-0.2, -0.15) is 12.1 Å². The fourth-order valence-electron chi connectivity index (χ4n) is 2.36. The molecule has 0 saturated heterocycles. The van der Waals surface area contributed by atoms with Gasteiger partial charge >= 0.3 is 0 Å². The normalized spacial score (nSPS) is 17.3. The van der Waals surface area contributed by atoms with Crippen LogP contribution >= 0.6 is 0 Å². The Hall–Kier alpha value is -0.648. The van der Waals surface area contributed by atoms with E-state index in [1.54, 1.807) is 0 Å². The van der Waals surface area contributed by atoms with Crippen LogP contribution in [0.4, 0.5) is 5.69 Å². The monoisotopic (exact) mass is 402 g/mol. The first-order chi connectivity index (χ1) is 7.53. The summed E-state index contributed by atoms with van der Waals surface area (Å²) >= 11 is 0. The zero-order valence-corrected chi connectivity index (χ0v) is 13.6. The molecule has 2 rings (SSSR count). The Kier molecular flexibility index (Phi) is 4.52. The molecule has 0 aliphatic carbocycles. The van der Waals surface area contributed by atoms with Gasteiger partial charge in [-0.3, -0.25) is 4.99 Å². The van der Waals surface area contributed by atoms with Crippen LogP contribution in [0.2, 0.25) is 0 Å². The van der Waals surface area contributed by atoms with Crippen LogP contribution in [0.5, 0.6) is 0 Å². The van der Waals surface area contributed by atoms with Gasteiger partial charge in [-0.25, -0.2) is 0 Å². The molecule has 3 heteroatoms. The van der Waals surface area contributed by atoms with E-state index in [0.717, 1.165) is 18.5 Å². The zero-order chi connectivity index (χ0) is 11.8. The van der Waals surface area contributed by atoms with Gasteiger partial charge in [-0.05, 0) is 34.2 Å². The van der Waals surface area contributed by atoms with E-state index in [9.17, 15) is 0 Å². The number of anilines is 1. The van der Waals surface area contributed by atoms with Crippen molar-refractivity contribution in [2.24, 2.45) is 4.99 Å². The Balaban J connectivity index is 0.00000144. The average Bonchev–Trinajstić information content (AvgIpc) is 2.35. The van der Waals surface area contributed by atoms with Crippen molar-refractivity contribution in [3.05, 3.63) is 29.3 Å². The summed E-state index contributed by atoms with van der Waals surface area (Å²) in [5.74, 6) is 0. The molecule has 0 unspecified atom stereocenters. The van der Waals surface area contributed by atoms with E-state index in [1.165, 1.54) is 16.8 Å². The molecule has 1 heterocycles. The van der Waals surface area contributed by atoms with E-state index >= 15 is 0 Å². The molecule has 0 atom stereocenters. The molecule has 0 spiro atoms. The smallest absolute Gasteiger partial charge is 0.0580 e. The Morgan fingerprint density at radius 1 is 1.35 bits per heavy atom. The minimum absolute atomic E-state index is 0. The second kappa shape index (κ2) is 5.33. The van der Waals surface area contributed by atoms with Gasteiger partial charge in [0, 0.05) is 26.1 Å². The van der Waals surface area contributed by atoms with Crippen LogP contribution in [0.25, 0.3) is 0 Å². The first kappa shape index (κ1) is 14.4. The molecule has 1 radical (unpaired) electrons. The molecule has 17 heavy (non-hydrogen) atoms. The topological polar surface area (TPSA) is 24.4 Å². The SMILES string of the molecule is CNc1c[c-]c2c(c1)CCC(C)=NC2(C)C.[Re]. The molecule has 0 bridgehead atoms. The predicted molar refractivity (Wildman–Crippen MR) is 69.3 cm³/mol. The van der Waals surface area contributed by atoms with Crippen LogP contribution in [-0.4, -0.2) is 12.8 Å². The Labute approximate surface area is 118 Å². The second-order valence-corrected chi connectivity index (χ2v) is 4.94. The molecule has 1 aliphatic rings. The number of fused-ring (bicyclic) bond motifs is 1. The summed E-state index contributed by atoms with van der Waals surface area (Å²) in [5.41, 5.74) is 4.85. The largest absolute Gasteiger partial charge is 0.439 e.